The predicted octanol–water partition coefficient (Wildman–Crippen LogP) is 6.89. The van der Waals surface area contributed by atoms with Gasteiger partial charge in [0.05, 0.1) is 12.3 Å². The number of benzene rings is 3. The fourth-order valence-electron chi connectivity index (χ4n) is 3.78. The second-order valence-electron chi connectivity index (χ2n) is 7.90. The molecule has 0 saturated heterocycles. The van der Waals surface area contributed by atoms with Crippen molar-refractivity contribution >= 4 is 29.0 Å². The third kappa shape index (κ3) is 4.80. The lowest BCUT2D eigenvalue weighted by molar-refractivity contribution is 0.218. The molecule has 2 unspecified atom stereocenters. The molecule has 0 radical (unpaired) electrons. The van der Waals surface area contributed by atoms with Gasteiger partial charge in [-0.25, -0.2) is 9.80 Å². The molecule has 0 bridgehead atoms. The van der Waals surface area contributed by atoms with Crippen LogP contribution in [0, 0.1) is 0 Å². The zero-order chi connectivity index (χ0) is 21.8. The largest absolute Gasteiger partial charge is 0.342 e. The molecule has 3 aromatic rings. The number of nitrogens with one attached hydrogen (secondary N) is 1. The van der Waals surface area contributed by atoms with Crippen molar-refractivity contribution in [2.45, 2.75) is 32.1 Å². The summed E-state index contributed by atoms with van der Waals surface area (Å²) in [4.78, 5) is 13.0. The standard InChI is InChI=1S/C26H26ClN3O/c1-3-18(2)19-11-15-23(16-12-19)28-26(31)30-17-24(20-7-5-4-6-8-20)25(29-30)21-9-13-22(27)14-10-21/h4-16,18,24H,3,17H2,1-2H3,(H,28,31). The molecule has 0 fully saturated rings. The molecule has 1 N–H and O–H groups in total. The fourth-order valence-corrected chi connectivity index (χ4v) is 3.90. The van der Waals surface area contributed by atoms with Crippen molar-refractivity contribution in [3.05, 3.63) is 101 Å². The molecule has 158 valence electrons. The lowest BCUT2D eigenvalue weighted by Crippen LogP contribution is -2.30. The van der Waals surface area contributed by atoms with Crippen LogP contribution in [0.4, 0.5) is 10.5 Å². The van der Waals surface area contributed by atoms with Gasteiger partial charge in [0.15, 0.2) is 0 Å². The molecule has 3 aromatic carbocycles. The van der Waals surface area contributed by atoms with E-state index < -0.39 is 0 Å². The maximum absolute atomic E-state index is 13.0. The number of rotatable bonds is 5. The summed E-state index contributed by atoms with van der Waals surface area (Å²) < 4.78 is 0. The van der Waals surface area contributed by atoms with E-state index in [0.717, 1.165) is 28.9 Å². The van der Waals surface area contributed by atoms with Gasteiger partial charge in [-0.05, 0) is 53.3 Å². The van der Waals surface area contributed by atoms with Crippen molar-refractivity contribution in [3.8, 4) is 0 Å². The maximum Gasteiger partial charge on any atom is 0.342 e. The fraction of sp³-hybridized carbons (Fsp3) is 0.231. The summed E-state index contributed by atoms with van der Waals surface area (Å²) in [7, 11) is 0. The number of carbonyl (C=O) groups is 1. The third-order valence-electron chi connectivity index (χ3n) is 5.83. The van der Waals surface area contributed by atoms with Crippen molar-refractivity contribution in [2.75, 3.05) is 11.9 Å². The van der Waals surface area contributed by atoms with Crippen LogP contribution in [0.15, 0.2) is 84.0 Å². The van der Waals surface area contributed by atoms with Crippen molar-refractivity contribution in [1.29, 1.82) is 0 Å². The van der Waals surface area contributed by atoms with E-state index in [9.17, 15) is 4.79 Å². The number of urea groups is 1. The summed E-state index contributed by atoms with van der Waals surface area (Å²) >= 11 is 6.07. The van der Waals surface area contributed by atoms with E-state index in [1.54, 1.807) is 0 Å². The van der Waals surface area contributed by atoms with Crippen molar-refractivity contribution in [3.63, 3.8) is 0 Å². The minimum Gasteiger partial charge on any atom is -0.306 e. The van der Waals surface area contributed by atoms with Crippen LogP contribution in [0.25, 0.3) is 0 Å². The number of hydrogen-bond donors (Lipinski definition) is 1. The molecule has 5 heteroatoms. The molecule has 1 heterocycles. The number of halogens is 1. The molecule has 1 aliphatic heterocycles. The lowest BCUT2D eigenvalue weighted by atomic mass is 9.91. The number of anilines is 1. The number of nitrogens with zero attached hydrogens (tertiary/aromatic N) is 2. The molecule has 0 saturated carbocycles. The van der Waals surface area contributed by atoms with Crippen LogP contribution >= 0.6 is 11.6 Å². The van der Waals surface area contributed by atoms with Gasteiger partial charge in [-0.2, -0.15) is 5.10 Å². The maximum atomic E-state index is 13.0. The Bertz CT molecular complexity index is 1060. The molecule has 4 rings (SSSR count). The summed E-state index contributed by atoms with van der Waals surface area (Å²) in [5.41, 5.74) is 5.00. The Balaban J connectivity index is 1.56. The molecule has 1 aliphatic rings. The van der Waals surface area contributed by atoms with Gasteiger partial charge < -0.3 is 5.32 Å². The minimum atomic E-state index is -0.235. The molecule has 4 nitrogen and oxygen atoms in total. The van der Waals surface area contributed by atoms with Gasteiger partial charge in [0.25, 0.3) is 0 Å². The van der Waals surface area contributed by atoms with Gasteiger partial charge in [-0.15, -0.1) is 0 Å². The molecule has 2 amide bonds. The first-order chi connectivity index (χ1) is 15.0. The summed E-state index contributed by atoms with van der Waals surface area (Å²) in [5.74, 6) is 0.502. The molecule has 2 atom stereocenters. The van der Waals surface area contributed by atoms with Crippen LogP contribution in [-0.2, 0) is 0 Å². The SMILES string of the molecule is CCC(C)c1ccc(NC(=O)N2CC(c3ccccc3)C(c3ccc(Cl)cc3)=N2)cc1. The monoisotopic (exact) mass is 431 g/mol. The Morgan fingerprint density at radius 3 is 2.39 bits per heavy atom. The summed E-state index contributed by atoms with van der Waals surface area (Å²) in [6.45, 7) is 4.86. The molecular weight excluding hydrogens is 406 g/mol. The zero-order valence-electron chi connectivity index (χ0n) is 17.8. The van der Waals surface area contributed by atoms with Crippen LogP contribution in [-0.4, -0.2) is 23.3 Å². The van der Waals surface area contributed by atoms with Crippen molar-refractivity contribution in [1.82, 2.24) is 5.01 Å². The first-order valence-electron chi connectivity index (χ1n) is 10.6. The minimum absolute atomic E-state index is 0.000838. The van der Waals surface area contributed by atoms with Crippen LogP contribution in [0.3, 0.4) is 0 Å². The lowest BCUT2D eigenvalue weighted by Gasteiger charge is -2.16. The van der Waals surface area contributed by atoms with E-state index in [-0.39, 0.29) is 11.9 Å². The van der Waals surface area contributed by atoms with E-state index in [0.29, 0.717) is 17.5 Å². The molecule has 0 aromatic heterocycles. The number of hydrogen-bond acceptors (Lipinski definition) is 2. The summed E-state index contributed by atoms with van der Waals surface area (Å²) in [6.07, 6.45) is 1.09. The van der Waals surface area contributed by atoms with Gasteiger partial charge in [-0.1, -0.05) is 80.0 Å². The Hall–Kier alpha value is -3.11. The van der Waals surface area contributed by atoms with Crippen LogP contribution in [0.2, 0.25) is 5.02 Å². The second-order valence-corrected chi connectivity index (χ2v) is 8.34. The van der Waals surface area contributed by atoms with Crippen LogP contribution in [0.5, 0.6) is 0 Å². The molecule has 0 spiro atoms. The summed E-state index contributed by atoms with van der Waals surface area (Å²) in [5, 5.41) is 9.87. The highest BCUT2D eigenvalue weighted by molar-refractivity contribution is 6.30. The highest BCUT2D eigenvalue weighted by Crippen LogP contribution is 2.30. The van der Waals surface area contributed by atoms with Gasteiger partial charge >= 0.3 is 6.03 Å². The van der Waals surface area contributed by atoms with Crippen molar-refractivity contribution in [2.24, 2.45) is 5.10 Å². The molecular formula is C26H26ClN3O. The highest BCUT2D eigenvalue weighted by Gasteiger charge is 2.32. The first kappa shape index (κ1) is 21.1. The summed E-state index contributed by atoms with van der Waals surface area (Å²) in [6, 6.07) is 25.6. The third-order valence-corrected chi connectivity index (χ3v) is 6.09. The topological polar surface area (TPSA) is 44.7 Å². The second kappa shape index (κ2) is 9.36. The van der Waals surface area contributed by atoms with Gasteiger partial charge in [0, 0.05) is 16.6 Å². The smallest absolute Gasteiger partial charge is 0.306 e. The van der Waals surface area contributed by atoms with E-state index in [1.165, 1.54) is 10.6 Å². The number of hydrazone groups is 1. The van der Waals surface area contributed by atoms with Gasteiger partial charge in [0.2, 0.25) is 0 Å². The van der Waals surface area contributed by atoms with Gasteiger partial charge in [-0.3, -0.25) is 0 Å². The van der Waals surface area contributed by atoms with Crippen molar-refractivity contribution < 1.29 is 4.79 Å². The van der Waals surface area contributed by atoms with E-state index >= 15 is 0 Å². The average Bonchev–Trinajstić information content (AvgIpc) is 3.26. The molecule has 0 aliphatic carbocycles. The average molecular weight is 432 g/mol. The highest BCUT2D eigenvalue weighted by atomic mass is 35.5. The zero-order valence-corrected chi connectivity index (χ0v) is 18.5. The number of amides is 2. The Morgan fingerprint density at radius 2 is 1.74 bits per heavy atom. The Morgan fingerprint density at radius 1 is 1.06 bits per heavy atom. The van der Waals surface area contributed by atoms with Gasteiger partial charge in [0.1, 0.15) is 0 Å². The van der Waals surface area contributed by atoms with E-state index in [2.05, 4.69) is 43.4 Å². The van der Waals surface area contributed by atoms with Crippen LogP contribution < -0.4 is 5.32 Å². The number of carbonyl (C=O) groups excluding carboxylic acids is 1. The Labute approximate surface area is 188 Å². The molecule has 31 heavy (non-hydrogen) atoms. The van der Waals surface area contributed by atoms with Crippen LogP contribution in [0.1, 0.15) is 48.8 Å². The van der Waals surface area contributed by atoms with E-state index in [4.69, 9.17) is 16.7 Å². The van der Waals surface area contributed by atoms with E-state index in [1.807, 2.05) is 54.6 Å². The quantitative estimate of drug-likeness (QED) is 0.469. The predicted molar refractivity (Wildman–Crippen MR) is 128 cm³/mol. The first-order valence-corrected chi connectivity index (χ1v) is 11.0. The normalized spacial score (nSPS) is 16.7. The Kier molecular flexibility index (Phi) is 6.38.